The van der Waals surface area contributed by atoms with Crippen LogP contribution in [0.1, 0.15) is 13.8 Å². The summed E-state index contributed by atoms with van der Waals surface area (Å²) in [5, 5.41) is 0.420. The van der Waals surface area contributed by atoms with Gasteiger partial charge in [-0.05, 0) is 32.0 Å². The first-order valence-corrected chi connectivity index (χ1v) is 7.57. The van der Waals surface area contributed by atoms with E-state index in [1.165, 1.54) is 11.8 Å². The molecule has 1 atom stereocenters. The Morgan fingerprint density at radius 3 is 3.11 bits per heavy atom. The molecule has 0 N–H and O–H groups in total. The Morgan fingerprint density at radius 1 is 1.61 bits per heavy atom. The zero-order valence-corrected chi connectivity index (χ0v) is 12.4. The second kappa shape index (κ2) is 5.91. The summed E-state index contributed by atoms with van der Waals surface area (Å²) < 4.78 is 6.89. The van der Waals surface area contributed by atoms with Gasteiger partial charge in [0.1, 0.15) is 5.25 Å². The predicted octanol–water partition coefficient (Wildman–Crippen LogP) is 3.99. The fourth-order valence-corrected chi connectivity index (χ4v) is 3.75. The van der Waals surface area contributed by atoms with Gasteiger partial charge in [-0.2, -0.15) is 0 Å². The second-order valence-corrected chi connectivity index (χ2v) is 6.66. The van der Waals surface area contributed by atoms with E-state index < -0.39 is 0 Å². The number of nitrogens with zero attached hydrogens (tertiary/aromatic N) is 1. The maximum Gasteiger partial charge on any atom is 0.319 e. The van der Waals surface area contributed by atoms with E-state index in [-0.39, 0.29) is 11.2 Å². The summed E-state index contributed by atoms with van der Waals surface area (Å²) in [5.74, 6) is -0.209. The van der Waals surface area contributed by atoms with Gasteiger partial charge in [-0.25, -0.2) is 4.98 Å². The highest BCUT2D eigenvalue weighted by Crippen LogP contribution is 2.33. The highest BCUT2D eigenvalue weighted by atomic mass is 35.5. The third-order valence-electron chi connectivity index (χ3n) is 2.23. The molecule has 0 fully saturated rings. The lowest BCUT2D eigenvalue weighted by atomic mass is 10.3. The van der Waals surface area contributed by atoms with Crippen molar-refractivity contribution in [2.75, 3.05) is 6.61 Å². The van der Waals surface area contributed by atoms with Gasteiger partial charge < -0.3 is 4.74 Å². The molecule has 0 aliphatic carbocycles. The molecule has 2 rings (SSSR count). The van der Waals surface area contributed by atoms with Crippen LogP contribution in [-0.4, -0.2) is 22.8 Å². The van der Waals surface area contributed by atoms with Crippen molar-refractivity contribution in [3.8, 4) is 0 Å². The van der Waals surface area contributed by atoms with E-state index in [0.717, 1.165) is 14.6 Å². The first-order valence-electron chi connectivity index (χ1n) is 5.49. The maximum absolute atomic E-state index is 11.5. The summed E-state index contributed by atoms with van der Waals surface area (Å²) in [6.07, 6.45) is 0. The summed E-state index contributed by atoms with van der Waals surface area (Å²) in [5.41, 5.74) is 0.867. The predicted molar refractivity (Wildman–Crippen MR) is 76.6 cm³/mol. The van der Waals surface area contributed by atoms with Crippen LogP contribution in [0.5, 0.6) is 0 Å². The third-order valence-corrected chi connectivity index (χ3v) is 4.67. The van der Waals surface area contributed by atoms with Gasteiger partial charge in [0.2, 0.25) is 0 Å². The molecule has 0 saturated carbocycles. The first-order chi connectivity index (χ1) is 8.60. The van der Waals surface area contributed by atoms with Crippen molar-refractivity contribution >= 4 is 50.9 Å². The molecule has 0 aliphatic heterocycles. The number of hydrogen-bond donors (Lipinski definition) is 0. The van der Waals surface area contributed by atoms with E-state index in [4.69, 9.17) is 16.3 Å². The van der Waals surface area contributed by atoms with Gasteiger partial charge in [-0.1, -0.05) is 23.4 Å². The van der Waals surface area contributed by atoms with Crippen LogP contribution >= 0.6 is 34.7 Å². The number of thioether (sulfide) groups is 1. The zero-order chi connectivity index (χ0) is 13.1. The number of ether oxygens (including phenoxy) is 1. The molecule has 3 nitrogen and oxygen atoms in total. The lowest BCUT2D eigenvalue weighted by Gasteiger charge is -2.07. The zero-order valence-electron chi connectivity index (χ0n) is 9.97. The van der Waals surface area contributed by atoms with E-state index in [2.05, 4.69) is 4.98 Å². The number of hydrogen-bond acceptors (Lipinski definition) is 5. The van der Waals surface area contributed by atoms with E-state index >= 15 is 0 Å². The van der Waals surface area contributed by atoms with Crippen LogP contribution in [0.25, 0.3) is 10.2 Å². The number of thiazole rings is 1. The molecule has 0 saturated heterocycles. The van der Waals surface area contributed by atoms with Crippen LogP contribution in [0.3, 0.4) is 0 Å². The third kappa shape index (κ3) is 3.16. The number of esters is 1. The van der Waals surface area contributed by atoms with Crippen molar-refractivity contribution in [1.29, 1.82) is 0 Å². The maximum atomic E-state index is 11.5. The summed E-state index contributed by atoms with van der Waals surface area (Å²) in [6, 6.07) is 5.60. The molecule has 2 aromatic rings. The quantitative estimate of drug-likeness (QED) is 0.632. The fraction of sp³-hybridized carbons (Fsp3) is 0.333. The highest BCUT2D eigenvalue weighted by Gasteiger charge is 2.17. The molecule has 0 unspecified atom stereocenters. The molecule has 0 spiro atoms. The normalized spacial score (nSPS) is 12.6. The van der Waals surface area contributed by atoms with Crippen LogP contribution in [0.15, 0.2) is 22.5 Å². The minimum absolute atomic E-state index is 0.209. The first kappa shape index (κ1) is 13.6. The van der Waals surface area contributed by atoms with Crippen LogP contribution in [0.4, 0.5) is 0 Å². The Bertz CT molecular complexity index is 570. The lowest BCUT2D eigenvalue weighted by molar-refractivity contribution is -0.142. The molecular weight excluding hydrogens is 290 g/mol. The van der Waals surface area contributed by atoms with Gasteiger partial charge in [0.15, 0.2) is 4.34 Å². The Labute approximate surface area is 118 Å². The molecule has 0 radical (unpaired) electrons. The number of rotatable bonds is 4. The number of benzene rings is 1. The van der Waals surface area contributed by atoms with E-state index in [1.807, 2.05) is 25.1 Å². The Kier molecular flexibility index (Phi) is 4.48. The molecule has 1 aromatic carbocycles. The van der Waals surface area contributed by atoms with Crippen molar-refractivity contribution in [1.82, 2.24) is 4.98 Å². The number of carbonyl (C=O) groups is 1. The van der Waals surface area contributed by atoms with Crippen molar-refractivity contribution in [3.63, 3.8) is 0 Å². The minimum atomic E-state index is -0.249. The molecule has 1 aromatic heterocycles. The number of halogens is 1. The number of aromatic nitrogens is 1. The SMILES string of the molecule is CCOC(=O)[C@@H](C)Sc1nc2cc(Cl)ccc2s1. The molecule has 0 amide bonds. The standard InChI is InChI=1S/C12H12ClNO2S2/c1-3-16-11(15)7(2)17-12-14-9-6-8(13)4-5-10(9)18-12/h4-7H,3H2,1-2H3/t7-/m1/s1. The summed E-state index contributed by atoms with van der Waals surface area (Å²) in [7, 11) is 0. The van der Waals surface area contributed by atoms with E-state index in [0.29, 0.717) is 11.6 Å². The van der Waals surface area contributed by atoms with Gasteiger partial charge >= 0.3 is 5.97 Å². The van der Waals surface area contributed by atoms with Gasteiger partial charge in [-0.3, -0.25) is 4.79 Å². The molecular formula is C12H12ClNO2S2. The van der Waals surface area contributed by atoms with Gasteiger partial charge in [-0.15, -0.1) is 11.3 Å². The fourth-order valence-electron chi connectivity index (χ4n) is 1.39. The molecule has 1 heterocycles. The molecule has 96 valence electrons. The highest BCUT2D eigenvalue weighted by molar-refractivity contribution is 8.02. The molecule has 6 heteroatoms. The Balaban J connectivity index is 2.14. The molecule has 0 aliphatic rings. The lowest BCUT2D eigenvalue weighted by Crippen LogP contribution is -2.16. The second-order valence-electron chi connectivity index (χ2n) is 3.60. The van der Waals surface area contributed by atoms with Crippen LogP contribution < -0.4 is 0 Å². The monoisotopic (exact) mass is 301 g/mol. The molecule has 18 heavy (non-hydrogen) atoms. The van der Waals surface area contributed by atoms with Crippen molar-refractivity contribution in [2.24, 2.45) is 0 Å². The molecule has 0 bridgehead atoms. The smallest absolute Gasteiger partial charge is 0.319 e. The van der Waals surface area contributed by atoms with Crippen LogP contribution in [0.2, 0.25) is 5.02 Å². The van der Waals surface area contributed by atoms with E-state index in [9.17, 15) is 4.79 Å². The van der Waals surface area contributed by atoms with Gasteiger partial charge in [0.25, 0.3) is 0 Å². The largest absolute Gasteiger partial charge is 0.465 e. The Hall–Kier alpha value is -0.780. The number of carbonyl (C=O) groups excluding carboxylic acids is 1. The van der Waals surface area contributed by atoms with Gasteiger partial charge in [0, 0.05) is 5.02 Å². The van der Waals surface area contributed by atoms with Gasteiger partial charge in [0.05, 0.1) is 16.8 Å². The average Bonchev–Trinajstić information content (AvgIpc) is 2.70. The van der Waals surface area contributed by atoms with Crippen molar-refractivity contribution in [2.45, 2.75) is 23.4 Å². The summed E-state index contributed by atoms with van der Waals surface area (Å²) >= 11 is 8.88. The van der Waals surface area contributed by atoms with Crippen molar-refractivity contribution in [3.05, 3.63) is 23.2 Å². The Morgan fingerprint density at radius 2 is 2.39 bits per heavy atom. The minimum Gasteiger partial charge on any atom is -0.465 e. The summed E-state index contributed by atoms with van der Waals surface area (Å²) in [4.78, 5) is 16.0. The average molecular weight is 302 g/mol. The van der Waals surface area contributed by atoms with Crippen molar-refractivity contribution < 1.29 is 9.53 Å². The summed E-state index contributed by atoms with van der Waals surface area (Å²) in [6.45, 7) is 4.02. The van der Waals surface area contributed by atoms with E-state index in [1.54, 1.807) is 18.3 Å². The van der Waals surface area contributed by atoms with Crippen LogP contribution in [-0.2, 0) is 9.53 Å². The number of fused-ring (bicyclic) bond motifs is 1. The van der Waals surface area contributed by atoms with Crippen LogP contribution in [0, 0.1) is 0 Å². The topological polar surface area (TPSA) is 39.2 Å².